The van der Waals surface area contributed by atoms with Crippen molar-refractivity contribution in [1.29, 1.82) is 0 Å². The Morgan fingerprint density at radius 1 is 1.16 bits per heavy atom. The summed E-state index contributed by atoms with van der Waals surface area (Å²) in [6.07, 6.45) is 7.35. The topological polar surface area (TPSA) is 102 Å². The smallest absolute Gasteiger partial charge is 0.263 e. The molecule has 0 saturated carbocycles. The molecule has 0 spiro atoms. The van der Waals surface area contributed by atoms with Crippen LogP contribution in [0.25, 0.3) is 11.3 Å². The van der Waals surface area contributed by atoms with Crippen LogP contribution in [0.4, 0.5) is 5.82 Å². The Balaban J connectivity index is 1.58. The lowest BCUT2D eigenvalue weighted by atomic mass is 10.1. The molecule has 0 bridgehead atoms. The molecule has 0 radical (unpaired) electrons. The number of nitrogens with two attached hydrogens (primary N) is 1. The highest BCUT2D eigenvalue weighted by Gasteiger charge is 2.22. The zero-order valence-corrected chi connectivity index (χ0v) is 19.5. The number of nitrogen functional groups attached to an aromatic ring is 1. The van der Waals surface area contributed by atoms with E-state index in [2.05, 4.69) is 27.0 Å². The minimum absolute atomic E-state index is 0.223. The van der Waals surface area contributed by atoms with Gasteiger partial charge in [-0.05, 0) is 64.2 Å². The highest BCUT2D eigenvalue weighted by molar-refractivity contribution is 6.83. The third kappa shape index (κ3) is 4.95. The van der Waals surface area contributed by atoms with Gasteiger partial charge in [0.05, 0.1) is 30.3 Å². The van der Waals surface area contributed by atoms with Crippen molar-refractivity contribution in [1.82, 2.24) is 24.6 Å². The van der Waals surface area contributed by atoms with E-state index in [9.17, 15) is 4.80 Å². The summed E-state index contributed by atoms with van der Waals surface area (Å²) in [5, 5.41) is 5.43. The summed E-state index contributed by atoms with van der Waals surface area (Å²) in [6.45, 7) is 7.93. The molecule has 1 aliphatic rings. The average Bonchev–Trinajstić information content (AvgIpc) is 3.17. The Morgan fingerprint density at radius 2 is 1.90 bits per heavy atom. The van der Waals surface area contributed by atoms with Gasteiger partial charge >= 0.3 is 0 Å². The third-order valence-electron chi connectivity index (χ3n) is 5.70. The molecule has 1 saturated heterocycles. The van der Waals surface area contributed by atoms with E-state index in [1.165, 1.54) is 0 Å². The number of aryl methyl sites for hydroxylation is 1. The van der Waals surface area contributed by atoms with Gasteiger partial charge in [0.25, 0.3) is 5.88 Å². The first kappa shape index (κ1) is 21.5. The van der Waals surface area contributed by atoms with Gasteiger partial charge in [-0.25, -0.2) is 9.97 Å². The van der Waals surface area contributed by atoms with Gasteiger partial charge in [-0.3, -0.25) is 4.68 Å². The van der Waals surface area contributed by atoms with Gasteiger partial charge in [-0.1, -0.05) is 17.7 Å². The van der Waals surface area contributed by atoms with Crippen molar-refractivity contribution in [3.05, 3.63) is 42.4 Å². The molecule has 0 amide bonds. The summed E-state index contributed by atoms with van der Waals surface area (Å²) in [5.74, 6) is 1.07. The SMILES string of the molecule is Cc1cc(-c2cnc(N)c(Oc3cnn(C4CCN(C)CC4)c3)n2)cc([Si](C)(C)O)c1. The van der Waals surface area contributed by atoms with E-state index < -0.39 is 8.32 Å². The molecule has 1 aromatic carbocycles. The molecule has 3 N–H and O–H groups in total. The van der Waals surface area contributed by atoms with E-state index in [4.69, 9.17) is 10.5 Å². The Morgan fingerprint density at radius 3 is 2.61 bits per heavy atom. The Hall–Kier alpha value is -2.75. The number of hydrogen-bond donors (Lipinski definition) is 2. The van der Waals surface area contributed by atoms with Crippen molar-refractivity contribution < 1.29 is 9.53 Å². The number of anilines is 1. The highest BCUT2D eigenvalue weighted by Crippen LogP contribution is 2.29. The Labute approximate surface area is 183 Å². The molecule has 1 fully saturated rings. The molecule has 31 heavy (non-hydrogen) atoms. The minimum Gasteiger partial charge on any atom is -0.433 e. The van der Waals surface area contributed by atoms with E-state index in [-0.39, 0.29) is 11.7 Å². The summed E-state index contributed by atoms with van der Waals surface area (Å²) in [4.78, 5) is 21.8. The molecule has 2 aromatic heterocycles. The second-order valence-corrected chi connectivity index (χ2v) is 12.6. The molecule has 1 aliphatic heterocycles. The number of rotatable bonds is 5. The van der Waals surface area contributed by atoms with E-state index in [0.29, 0.717) is 17.5 Å². The second kappa shape index (κ2) is 8.41. The lowest BCUT2D eigenvalue weighted by Crippen LogP contribution is -2.41. The number of aromatic nitrogens is 4. The predicted molar refractivity (Wildman–Crippen MR) is 124 cm³/mol. The molecule has 9 heteroatoms. The van der Waals surface area contributed by atoms with Gasteiger partial charge < -0.3 is 20.2 Å². The number of ether oxygens (including phenoxy) is 1. The van der Waals surface area contributed by atoms with Gasteiger partial charge in [0.15, 0.2) is 11.6 Å². The maximum absolute atomic E-state index is 10.5. The fraction of sp³-hybridized carbons (Fsp3) is 0.409. The van der Waals surface area contributed by atoms with Crippen LogP contribution in [-0.4, -0.2) is 57.9 Å². The lowest BCUT2D eigenvalue weighted by molar-refractivity contribution is 0.212. The first-order valence-corrected chi connectivity index (χ1v) is 13.5. The lowest BCUT2D eigenvalue weighted by Gasteiger charge is -2.28. The van der Waals surface area contributed by atoms with E-state index in [0.717, 1.165) is 42.2 Å². The molecule has 0 unspecified atom stereocenters. The van der Waals surface area contributed by atoms with Crippen LogP contribution in [0.5, 0.6) is 11.6 Å². The number of piperidine rings is 1. The summed E-state index contributed by atoms with van der Waals surface area (Å²) in [6, 6.07) is 6.39. The summed E-state index contributed by atoms with van der Waals surface area (Å²) < 4.78 is 7.93. The van der Waals surface area contributed by atoms with Crippen LogP contribution in [-0.2, 0) is 0 Å². The van der Waals surface area contributed by atoms with Crippen LogP contribution in [0.1, 0.15) is 24.4 Å². The predicted octanol–water partition coefficient (Wildman–Crippen LogP) is 2.69. The van der Waals surface area contributed by atoms with Crippen molar-refractivity contribution >= 4 is 19.3 Å². The fourth-order valence-electron chi connectivity index (χ4n) is 3.82. The molecule has 8 nitrogen and oxygen atoms in total. The first-order chi connectivity index (χ1) is 14.7. The number of benzene rings is 1. The molecular weight excluding hydrogens is 408 g/mol. The van der Waals surface area contributed by atoms with Gasteiger partial charge in [-0.2, -0.15) is 5.10 Å². The Bertz CT molecular complexity index is 1070. The van der Waals surface area contributed by atoms with Crippen molar-refractivity contribution in [2.45, 2.75) is 38.9 Å². The molecule has 3 aromatic rings. The maximum Gasteiger partial charge on any atom is 0.263 e. The van der Waals surface area contributed by atoms with Gasteiger partial charge in [0.2, 0.25) is 8.32 Å². The van der Waals surface area contributed by atoms with Crippen LogP contribution in [0.3, 0.4) is 0 Å². The number of likely N-dealkylation sites (tertiary alicyclic amines) is 1. The van der Waals surface area contributed by atoms with E-state index in [1.54, 1.807) is 12.4 Å². The van der Waals surface area contributed by atoms with Crippen LogP contribution >= 0.6 is 0 Å². The van der Waals surface area contributed by atoms with Crippen LogP contribution in [0, 0.1) is 6.92 Å². The monoisotopic (exact) mass is 438 g/mol. The highest BCUT2D eigenvalue weighted by atomic mass is 28.4. The first-order valence-electron chi connectivity index (χ1n) is 10.6. The van der Waals surface area contributed by atoms with Crippen LogP contribution < -0.4 is 15.7 Å². The summed E-state index contributed by atoms with van der Waals surface area (Å²) in [5.41, 5.74) is 8.63. The van der Waals surface area contributed by atoms with Crippen molar-refractivity contribution in [2.24, 2.45) is 0 Å². The normalized spacial score (nSPS) is 15.9. The quantitative estimate of drug-likeness (QED) is 0.591. The van der Waals surface area contributed by atoms with Crippen LogP contribution in [0.2, 0.25) is 13.1 Å². The molecule has 0 atom stereocenters. The molecular formula is C22H30N6O2Si. The van der Waals surface area contributed by atoms with Crippen LogP contribution in [0.15, 0.2) is 36.8 Å². The van der Waals surface area contributed by atoms with Gasteiger partial charge in [-0.15, -0.1) is 0 Å². The van der Waals surface area contributed by atoms with Crippen molar-refractivity contribution in [3.63, 3.8) is 0 Å². The summed E-state index contributed by atoms with van der Waals surface area (Å²) >= 11 is 0. The van der Waals surface area contributed by atoms with E-state index >= 15 is 0 Å². The molecule has 3 heterocycles. The standard InChI is InChI=1S/C22H30N6O2Si/c1-15-9-16(11-19(10-15)31(3,4)29)20-13-24-21(23)22(26-20)30-18-12-25-28(14-18)17-5-7-27(2)8-6-17/h9-14,17,29H,5-8H2,1-4H3,(H2,23,24). The third-order valence-corrected chi connectivity index (χ3v) is 7.40. The van der Waals surface area contributed by atoms with Gasteiger partial charge in [0, 0.05) is 5.56 Å². The fourth-order valence-corrected chi connectivity index (χ4v) is 4.91. The van der Waals surface area contributed by atoms with Gasteiger partial charge in [0.1, 0.15) is 0 Å². The minimum atomic E-state index is -2.45. The average molecular weight is 439 g/mol. The number of nitrogens with zero attached hydrogens (tertiary/aromatic N) is 5. The molecule has 0 aliphatic carbocycles. The van der Waals surface area contributed by atoms with Crippen molar-refractivity contribution in [3.8, 4) is 22.9 Å². The molecule has 4 rings (SSSR count). The van der Waals surface area contributed by atoms with Crippen molar-refractivity contribution in [2.75, 3.05) is 25.9 Å². The maximum atomic E-state index is 10.5. The molecule has 164 valence electrons. The summed E-state index contributed by atoms with van der Waals surface area (Å²) in [7, 11) is -0.309. The van der Waals surface area contributed by atoms with E-state index in [1.807, 2.05) is 49.1 Å². The zero-order chi connectivity index (χ0) is 22.2. The second-order valence-electron chi connectivity index (χ2n) is 8.88. The number of hydrogen-bond acceptors (Lipinski definition) is 7. The zero-order valence-electron chi connectivity index (χ0n) is 18.5. The Kier molecular flexibility index (Phi) is 5.83. The largest absolute Gasteiger partial charge is 0.433 e.